The monoisotopic (exact) mass is 436 g/mol. The first-order chi connectivity index (χ1) is 11.8. The van der Waals surface area contributed by atoms with Crippen LogP contribution in [0.1, 0.15) is 10.6 Å². The van der Waals surface area contributed by atoms with Crippen molar-refractivity contribution in [2.75, 3.05) is 0 Å². The lowest BCUT2D eigenvalue weighted by atomic mass is 10.4. The lowest BCUT2D eigenvalue weighted by molar-refractivity contribution is 0.580. The average Bonchev–Trinajstić information content (AvgIpc) is 3.18. The molecule has 0 aliphatic rings. The van der Waals surface area contributed by atoms with Crippen LogP contribution in [0.4, 0.5) is 0 Å². The Bertz CT molecular complexity index is 1020. The Morgan fingerprint density at radius 1 is 1.20 bits per heavy atom. The molecule has 1 aromatic carbocycles. The summed E-state index contributed by atoms with van der Waals surface area (Å²) >= 11 is 19.1. The summed E-state index contributed by atoms with van der Waals surface area (Å²) in [6.45, 7) is 1.88. The number of furan rings is 1. The van der Waals surface area contributed by atoms with Gasteiger partial charge in [0, 0.05) is 11.4 Å². The largest absolute Gasteiger partial charge is 0.462 e. The number of hydrogen-bond acceptors (Lipinski definition) is 5. The molecule has 0 amide bonds. The predicted octanol–water partition coefficient (Wildman–Crippen LogP) is 5.15. The van der Waals surface area contributed by atoms with Crippen LogP contribution in [0.15, 0.2) is 39.8 Å². The van der Waals surface area contributed by atoms with Gasteiger partial charge in [0.25, 0.3) is 0 Å². The summed E-state index contributed by atoms with van der Waals surface area (Å²) in [5.41, 5.74) is 0.722. The van der Waals surface area contributed by atoms with Gasteiger partial charge in [0.1, 0.15) is 4.90 Å². The maximum Gasteiger partial charge on any atom is 0.242 e. The fraction of sp³-hybridized carbons (Fsp3) is 0.133. The van der Waals surface area contributed by atoms with Gasteiger partial charge in [-0.05, 0) is 31.2 Å². The van der Waals surface area contributed by atoms with Gasteiger partial charge in [-0.1, -0.05) is 34.8 Å². The summed E-state index contributed by atoms with van der Waals surface area (Å²) in [5.74, 6) is 0.634. The first-order valence-corrected chi connectivity index (χ1v) is 10.4. The van der Waals surface area contributed by atoms with Crippen LogP contribution in [0.5, 0.6) is 0 Å². The van der Waals surface area contributed by atoms with E-state index in [-0.39, 0.29) is 26.5 Å². The summed E-state index contributed by atoms with van der Waals surface area (Å²) in [5, 5.41) is 0.982. The highest BCUT2D eigenvalue weighted by Crippen LogP contribution is 2.32. The summed E-state index contributed by atoms with van der Waals surface area (Å²) in [6.07, 6.45) is 1.56. The smallest absolute Gasteiger partial charge is 0.242 e. The Hall–Kier alpha value is -1.09. The van der Waals surface area contributed by atoms with E-state index in [2.05, 4.69) is 9.71 Å². The second-order valence-corrected chi connectivity index (χ2v) is 9.07. The molecule has 0 saturated heterocycles. The number of rotatable bonds is 5. The van der Waals surface area contributed by atoms with Gasteiger partial charge in [-0.2, -0.15) is 0 Å². The van der Waals surface area contributed by atoms with Crippen molar-refractivity contribution in [3.8, 4) is 10.8 Å². The Balaban J connectivity index is 1.83. The van der Waals surface area contributed by atoms with Crippen LogP contribution in [-0.2, 0) is 16.6 Å². The lowest BCUT2D eigenvalue weighted by Gasteiger charge is -2.09. The summed E-state index contributed by atoms with van der Waals surface area (Å²) in [7, 11) is -3.86. The third-order valence-electron chi connectivity index (χ3n) is 3.31. The third-order valence-corrected chi connectivity index (χ3v) is 7.07. The number of nitrogens with one attached hydrogen (secondary N) is 1. The minimum absolute atomic E-state index is 0.000740. The molecule has 0 saturated carbocycles. The zero-order valence-corrected chi connectivity index (χ0v) is 16.6. The molecule has 0 bridgehead atoms. The maximum absolute atomic E-state index is 12.5. The average molecular weight is 438 g/mol. The van der Waals surface area contributed by atoms with Gasteiger partial charge in [0.05, 0.1) is 27.0 Å². The lowest BCUT2D eigenvalue weighted by Crippen LogP contribution is -2.23. The number of aromatic nitrogens is 1. The number of hydrogen-bond donors (Lipinski definition) is 1. The van der Waals surface area contributed by atoms with Gasteiger partial charge >= 0.3 is 0 Å². The summed E-state index contributed by atoms with van der Waals surface area (Å²) in [4.78, 5) is 5.04. The van der Waals surface area contributed by atoms with Crippen LogP contribution in [0.3, 0.4) is 0 Å². The molecular formula is C15H11Cl3N2O3S2. The van der Waals surface area contributed by atoms with E-state index < -0.39 is 10.0 Å². The van der Waals surface area contributed by atoms with Crippen molar-refractivity contribution < 1.29 is 12.8 Å². The van der Waals surface area contributed by atoms with E-state index in [1.807, 2.05) is 0 Å². The van der Waals surface area contributed by atoms with Crippen LogP contribution in [0.2, 0.25) is 15.1 Å². The standard InChI is InChI=1S/C15H11Cl3N2O3S2/c1-8-13(24-15(20-8)12-3-2-4-23-12)7-19-25(21,22)14-6-10(17)9(16)5-11(14)18/h2-6,19H,7H2,1H3. The Labute approximate surface area is 163 Å². The Morgan fingerprint density at radius 2 is 1.92 bits per heavy atom. The van der Waals surface area contributed by atoms with E-state index in [0.717, 1.165) is 10.6 Å². The van der Waals surface area contributed by atoms with Crippen LogP contribution in [-0.4, -0.2) is 13.4 Å². The number of sulfonamides is 1. The molecule has 0 spiro atoms. The fourth-order valence-electron chi connectivity index (χ4n) is 2.05. The minimum Gasteiger partial charge on any atom is -0.462 e. The minimum atomic E-state index is -3.86. The molecule has 0 radical (unpaired) electrons. The maximum atomic E-state index is 12.5. The molecule has 10 heteroatoms. The zero-order valence-electron chi connectivity index (χ0n) is 12.7. The van der Waals surface area contributed by atoms with Crippen molar-refractivity contribution in [1.29, 1.82) is 0 Å². The molecule has 3 aromatic rings. The third kappa shape index (κ3) is 4.02. The molecular weight excluding hydrogens is 427 g/mol. The second-order valence-electron chi connectivity index (χ2n) is 5.03. The number of nitrogens with zero attached hydrogens (tertiary/aromatic N) is 1. The molecule has 25 heavy (non-hydrogen) atoms. The molecule has 0 aliphatic heterocycles. The van der Waals surface area contributed by atoms with Gasteiger partial charge in [0.2, 0.25) is 10.0 Å². The quantitative estimate of drug-likeness (QED) is 0.560. The molecule has 0 unspecified atom stereocenters. The number of thiazole rings is 1. The first-order valence-electron chi connectivity index (χ1n) is 6.92. The van der Waals surface area contributed by atoms with Gasteiger partial charge in [-0.15, -0.1) is 11.3 Å². The van der Waals surface area contributed by atoms with Gasteiger partial charge < -0.3 is 4.42 Å². The van der Waals surface area contributed by atoms with Gasteiger partial charge in [-0.25, -0.2) is 18.1 Å². The molecule has 0 fully saturated rings. The second kappa shape index (κ2) is 7.26. The summed E-state index contributed by atoms with van der Waals surface area (Å²) < 4.78 is 32.8. The van der Waals surface area contributed by atoms with Crippen molar-refractivity contribution in [3.63, 3.8) is 0 Å². The highest BCUT2D eigenvalue weighted by molar-refractivity contribution is 7.89. The SMILES string of the molecule is Cc1nc(-c2ccco2)sc1CNS(=O)(=O)c1cc(Cl)c(Cl)cc1Cl. The molecule has 0 atom stereocenters. The van der Waals surface area contributed by atoms with Crippen LogP contribution >= 0.6 is 46.1 Å². The van der Waals surface area contributed by atoms with E-state index in [4.69, 9.17) is 39.2 Å². The molecule has 3 rings (SSSR count). The number of benzene rings is 1. The first kappa shape index (κ1) is 18.7. The highest BCUT2D eigenvalue weighted by atomic mass is 35.5. The normalized spacial score (nSPS) is 11.8. The topological polar surface area (TPSA) is 72.2 Å². The van der Waals surface area contributed by atoms with E-state index in [1.54, 1.807) is 25.3 Å². The Morgan fingerprint density at radius 3 is 2.60 bits per heavy atom. The predicted molar refractivity (Wildman–Crippen MR) is 100 cm³/mol. The van der Waals surface area contributed by atoms with Crippen molar-refractivity contribution in [2.24, 2.45) is 0 Å². The molecule has 0 aliphatic carbocycles. The zero-order chi connectivity index (χ0) is 18.2. The van der Waals surface area contributed by atoms with Crippen LogP contribution in [0.25, 0.3) is 10.8 Å². The molecule has 2 aromatic heterocycles. The van der Waals surface area contributed by atoms with Gasteiger partial charge in [-0.3, -0.25) is 0 Å². The molecule has 132 valence electrons. The van der Waals surface area contributed by atoms with Crippen molar-refractivity contribution >= 4 is 56.2 Å². The fourth-order valence-corrected chi connectivity index (χ4v) is 5.10. The van der Waals surface area contributed by atoms with Crippen LogP contribution < -0.4 is 4.72 Å². The van der Waals surface area contributed by atoms with Crippen molar-refractivity contribution in [3.05, 3.63) is 56.2 Å². The number of halogens is 3. The van der Waals surface area contributed by atoms with E-state index in [1.165, 1.54) is 23.5 Å². The molecule has 5 nitrogen and oxygen atoms in total. The molecule has 2 heterocycles. The van der Waals surface area contributed by atoms with Crippen molar-refractivity contribution in [2.45, 2.75) is 18.4 Å². The molecule has 1 N–H and O–H groups in total. The highest BCUT2D eigenvalue weighted by Gasteiger charge is 2.21. The van der Waals surface area contributed by atoms with Crippen molar-refractivity contribution in [1.82, 2.24) is 9.71 Å². The van der Waals surface area contributed by atoms with E-state index in [9.17, 15) is 8.42 Å². The van der Waals surface area contributed by atoms with Crippen LogP contribution in [0, 0.1) is 6.92 Å². The van der Waals surface area contributed by atoms with E-state index >= 15 is 0 Å². The Kier molecular flexibility index (Phi) is 5.43. The summed E-state index contributed by atoms with van der Waals surface area (Å²) in [6, 6.07) is 6.08. The number of aryl methyl sites for hydroxylation is 1. The van der Waals surface area contributed by atoms with Gasteiger partial charge in [0.15, 0.2) is 10.8 Å². The van der Waals surface area contributed by atoms with E-state index in [0.29, 0.717) is 10.8 Å².